The van der Waals surface area contributed by atoms with E-state index in [0.29, 0.717) is 5.41 Å². The van der Waals surface area contributed by atoms with Crippen LogP contribution in [0.5, 0.6) is 0 Å². The van der Waals surface area contributed by atoms with Gasteiger partial charge in [0.15, 0.2) is 0 Å². The zero-order valence-corrected chi connectivity index (χ0v) is 10.5. The molecule has 1 heteroatoms. The van der Waals surface area contributed by atoms with Crippen LogP contribution in [0.15, 0.2) is 0 Å². The minimum Gasteiger partial charge on any atom is -0.160 e. The first-order chi connectivity index (χ1) is 5.71. The van der Waals surface area contributed by atoms with E-state index in [1.807, 2.05) is 13.8 Å². The van der Waals surface area contributed by atoms with Gasteiger partial charge in [-0.05, 0) is 32.1 Å². The van der Waals surface area contributed by atoms with E-state index in [2.05, 4.69) is 45.2 Å². The molecule has 13 heavy (non-hydrogen) atoms. The standard InChI is InChI=1S/C12H22S/c1-11(2,3)9-7-6-8-10-12(4,5)13/h13H,6-7,9H2,1-5H3. The van der Waals surface area contributed by atoms with Gasteiger partial charge in [0.2, 0.25) is 0 Å². The highest BCUT2D eigenvalue weighted by Crippen LogP contribution is 2.21. The Labute approximate surface area is 88.9 Å². The summed E-state index contributed by atoms with van der Waals surface area (Å²) in [7, 11) is 0. The van der Waals surface area contributed by atoms with Crippen molar-refractivity contribution in [1.82, 2.24) is 0 Å². The van der Waals surface area contributed by atoms with Crippen molar-refractivity contribution in [3.05, 3.63) is 0 Å². The monoisotopic (exact) mass is 198 g/mol. The summed E-state index contributed by atoms with van der Waals surface area (Å²) >= 11 is 4.34. The van der Waals surface area contributed by atoms with Crippen LogP contribution < -0.4 is 0 Å². The lowest BCUT2D eigenvalue weighted by Gasteiger charge is -2.16. The molecule has 0 nitrogen and oxygen atoms in total. The molecule has 0 amide bonds. The van der Waals surface area contributed by atoms with E-state index in [1.165, 1.54) is 12.8 Å². The lowest BCUT2D eigenvalue weighted by atomic mass is 9.90. The number of thiol groups is 1. The Morgan fingerprint density at radius 2 is 1.62 bits per heavy atom. The van der Waals surface area contributed by atoms with Gasteiger partial charge in [-0.2, -0.15) is 12.6 Å². The van der Waals surface area contributed by atoms with Crippen molar-refractivity contribution >= 4 is 12.6 Å². The fourth-order valence-corrected chi connectivity index (χ4v) is 1.06. The highest BCUT2D eigenvalue weighted by molar-refractivity contribution is 7.82. The lowest BCUT2D eigenvalue weighted by molar-refractivity contribution is 0.368. The Bertz CT molecular complexity index is 192. The van der Waals surface area contributed by atoms with E-state index in [0.717, 1.165) is 6.42 Å². The maximum atomic E-state index is 4.34. The molecule has 76 valence electrons. The van der Waals surface area contributed by atoms with E-state index in [4.69, 9.17) is 0 Å². The molecule has 0 saturated heterocycles. The molecule has 0 heterocycles. The predicted molar refractivity (Wildman–Crippen MR) is 64.1 cm³/mol. The van der Waals surface area contributed by atoms with Crippen molar-refractivity contribution in [1.29, 1.82) is 0 Å². The fraction of sp³-hybridized carbons (Fsp3) is 0.833. The van der Waals surface area contributed by atoms with Gasteiger partial charge >= 0.3 is 0 Å². The third-order valence-electron chi connectivity index (χ3n) is 1.62. The van der Waals surface area contributed by atoms with Gasteiger partial charge < -0.3 is 0 Å². The Kier molecular flexibility index (Phi) is 4.92. The number of rotatable bonds is 2. The van der Waals surface area contributed by atoms with Crippen molar-refractivity contribution in [2.24, 2.45) is 5.41 Å². The van der Waals surface area contributed by atoms with Crippen molar-refractivity contribution in [3.8, 4) is 11.8 Å². The van der Waals surface area contributed by atoms with Crippen molar-refractivity contribution in [3.63, 3.8) is 0 Å². The first-order valence-corrected chi connectivity index (χ1v) is 5.38. The summed E-state index contributed by atoms with van der Waals surface area (Å²) in [5.74, 6) is 6.29. The van der Waals surface area contributed by atoms with Gasteiger partial charge in [0.25, 0.3) is 0 Å². The first kappa shape index (κ1) is 12.9. The summed E-state index contributed by atoms with van der Waals surface area (Å²) in [6.07, 6.45) is 3.44. The molecule has 0 aromatic heterocycles. The average molecular weight is 198 g/mol. The molecule has 0 unspecified atom stereocenters. The van der Waals surface area contributed by atoms with E-state index < -0.39 is 0 Å². The van der Waals surface area contributed by atoms with E-state index in [9.17, 15) is 0 Å². The third-order valence-corrected chi connectivity index (χ3v) is 1.73. The molecule has 0 rings (SSSR count). The van der Waals surface area contributed by atoms with Crippen molar-refractivity contribution in [2.45, 2.75) is 58.6 Å². The topological polar surface area (TPSA) is 0 Å². The molecular weight excluding hydrogens is 176 g/mol. The molecule has 0 aliphatic rings. The van der Waals surface area contributed by atoms with Crippen LogP contribution in [0.25, 0.3) is 0 Å². The number of hydrogen-bond donors (Lipinski definition) is 1. The molecule has 0 saturated carbocycles. The van der Waals surface area contributed by atoms with Gasteiger partial charge in [-0.3, -0.25) is 0 Å². The van der Waals surface area contributed by atoms with Crippen LogP contribution in [0.3, 0.4) is 0 Å². The summed E-state index contributed by atoms with van der Waals surface area (Å²) < 4.78 is -0.137. The quantitative estimate of drug-likeness (QED) is 0.388. The van der Waals surface area contributed by atoms with Crippen LogP contribution in [0.4, 0.5) is 0 Å². The normalized spacial score (nSPS) is 12.2. The zero-order chi connectivity index (χ0) is 10.5. The molecule has 0 aromatic carbocycles. The second-order valence-electron chi connectivity index (χ2n) is 5.28. The minimum atomic E-state index is -0.137. The second-order valence-corrected chi connectivity index (χ2v) is 6.39. The van der Waals surface area contributed by atoms with Crippen LogP contribution in [0, 0.1) is 17.3 Å². The minimum absolute atomic E-state index is 0.137. The van der Waals surface area contributed by atoms with Gasteiger partial charge in [-0.25, -0.2) is 0 Å². The molecule has 0 atom stereocenters. The smallest absolute Gasteiger partial charge is 0.0679 e. The summed E-state index contributed by atoms with van der Waals surface area (Å²) in [4.78, 5) is 0. The molecule has 0 bridgehead atoms. The van der Waals surface area contributed by atoms with Crippen LogP contribution in [-0.4, -0.2) is 4.75 Å². The van der Waals surface area contributed by atoms with Gasteiger partial charge in [0, 0.05) is 6.42 Å². The second kappa shape index (κ2) is 4.96. The Balaban J connectivity index is 3.62. The maximum absolute atomic E-state index is 4.34. The van der Waals surface area contributed by atoms with Crippen LogP contribution in [0.1, 0.15) is 53.9 Å². The Morgan fingerprint density at radius 1 is 1.08 bits per heavy atom. The van der Waals surface area contributed by atoms with Crippen molar-refractivity contribution < 1.29 is 0 Å². The molecular formula is C12H22S. The molecule has 0 fully saturated rings. The summed E-state index contributed by atoms with van der Waals surface area (Å²) in [6.45, 7) is 10.8. The van der Waals surface area contributed by atoms with E-state index in [1.54, 1.807) is 0 Å². The molecule has 0 radical (unpaired) electrons. The molecule has 0 aliphatic heterocycles. The Morgan fingerprint density at radius 3 is 2.00 bits per heavy atom. The summed E-state index contributed by atoms with van der Waals surface area (Å²) in [5.41, 5.74) is 0.443. The predicted octanol–water partition coefficient (Wildman–Crippen LogP) is 3.91. The largest absolute Gasteiger partial charge is 0.160 e. The molecule has 0 N–H and O–H groups in total. The number of unbranched alkanes of at least 4 members (excludes halogenated alkanes) is 1. The Hall–Kier alpha value is -0.0900. The maximum Gasteiger partial charge on any atom is 0.0679 e. The van der Waals surface area contributed by atoms with Gasteiger partial charge in [-0.15, -0.1) is 5.92 Å². The van der Waals surface area contributed by atoms with Gasteiger partial charge in [-0.1, -0.05) is 26.7 Å². The van der Waals surface area contributed by atoms with Gasteiger partial charge in [0.1, 0.15) is 0 Å². The van der Waals surface area contributed by atoms with E-state index in [-0.39, 0.29) is 4.75 Å². The van der Waals surface area contributed by atoms with Crippen LogP contribution >= 0.6 is 12.6 Å². The van der Waals surface area contributed by atoms with Crippen LogP contribution in [-0.2, 0) is 0 Å². The third kappa shape index (κ3) is 11.9. The average Bonchev–Trinajstić information content (AvgIpc) is 1.81. The number of hydrogen-bond acceptors (Lipinski definition) is 1. The van der Waals surface area contributed by atoms with Crippen molar-refractivity contribution in [2.75, 3.05) is 0 Å². The summed E-state index contributed by atoms with van der Waals surface area (Å²) in [6, 6.07) is 0. The van der Waals surface area contributed by atoms with Crippen LogP contribution in [0.2, 0.25) is 0 Å². The highest BCUT2D eigenvalue weighted by Gasteiger charge is 2.08. The molecule has 0 aromatic rings. The first-order valence-electron chi connectivity index (χ1n) is 4.93. The molecule has 0 aliphatic carbocycles. The molecule has 0 spiro atoms. The lowest BCUT2D eigenvalue weighted by Crippen LogP contribution is -2.05. The SMILES string of the molecule is CC(C)(S)C#CCCCC(C)(C)C. The highest BCUT2D eigenvalue weighted by atomic mass is 32.1. The van der Waals surface area contributed by atoms with Gasteiger partial charge in [0.05, 0.1) is 4.75 Å². The zero-order valence-electron chi connectivity index (χ0n) is 9.57. The van der Waals surface area contributed by atoms with E-state index >= 15 is 0 Å². The summed E-state index contributed by atoms with van der Waals surface area (Å²) in [5, 5.41) is 0. The fourth-order valence-electron chi connectivity index (χ4n) is 0.986.